The summed E-state index contributed by atoms with van der Waals surface area (Å²) in [7, 11) is 1.60. The number of carbonyl (C=O) groups excluding carboxylic acids is 3. The number of hydrogen-bond donors (Lipinski definition) is 2. The van der Waals surface area contributed by atoms with Crippen molar-refractivity contribution in [3.63, 3.8) is 0 Å². The molecule has 0 bridgehead atoms. The summed E-state index contributed by atoms with van der Waals surface area (Å²) in [4.78, 5) is 39.7. The van der Waals surface area contributed by atoms with Gasteiger partial charge in [0.05, 0.1) is 18.7 Å². The van der Waals surface area contributed by atoms with Crippen LogP contribution in [0.5, 0.6) is 5.75 Å². The Kier molecular flexibility index (Phi) is 7.16. The summed E-state index contributed by atoms with van der Waals surface area (Å²) in [6.07, 6.45) is 0. The molecule has 0 saturated carbocycles. The normalized spacial score (nSPS) is 16.8. The molecule has 0 spiro atoms. The van der Waals surface area contributed by atoms with Crippen molar-refractivity contribution in [3.05, 3.63) is 94.6 Å². The Hall–Kier alpha value is -4.39. The van der Waals surface area contributed by atoms with Crippen molar-refractivity contribution in [3.8, 4) is 5.75 Å². The third kappa shape index (κ3) is 4.85. The summed E-state index contributed by atoms with van der Waals surface area (Å²) >= 11 is 0. The topological polar surface area (TPSA) is 95.9 Å². The minimum atomic E-state index is -0.836. The molecule has 7 heteroatoms. The molecule has 1 atom stereocenters. The van der Waals surface area contributed by atoms with Gasteiger partial charge in [-0.2, -0.15) is 0 Å². The second-order valence-corrected chi connectivity index (χ2v) is 9.37. The van der Waals surface area contributed by atoms with Gasteiger partial charge in [0.15, 0.2) is 0 Å². The van der Waals surface area contributed by atoms with Crippen molar-refractivity contribution in [2.24, 2.45) is 0 Å². The van der Waals surface area contributed by atoms with Gasteiger partial charge in [-0.3, -0.25) is 19.3 Å². The number of aliphatic hydroxyl groups excluding tert-OH is 1. The highest BCUT2D eigenvalue weighted by Crippen LogP contribution is 2.43. The monoisotopic (exact) mass is 498 g/mol. The third-order valence-corrected chi connectivity index (χ3v) is 6.48. The summed E-state index contributed by atoms with van der Waals surface area (Å²) in [6, 6.07) is 18.6. The molecule has 1 fully saturated rings. The number of ketones is 1. The smallest absolute Gasteiger partial charge is 0.300 e. The van der Waals surface area contributed by atoms with E-state index in [9.17, 15) is 19.5 Å². The molecular weight excluding hydrogens is 468 g/mol. The lowest BCUT2D eigenvalue weighted by molar-refractivity contribution is -0.132. The van der Waals surface area contributed by atoms with Crippen molar-refractivity contribution in [2.45, 2.75) is 39.7 Å². The zero-order valence-corrected chi connectivity index (χ0v) is 21.5. The zero-order chi connectivity index (χ0) is 26.9. The van der Waals surface area contributed by atoms with Crippen molar-refractivity contribution in [1.29, 1.82) is 0 Å². The van der Waals surface area contributed by atoms with Crippen LogP contribution in [-0.2, 0) is 14.4 Å². The Labute approximate surface area is 216 Å². The largest absolute Gasteiger partial charge is 0.507 e. The van der Waals surface area contributed by atoms with E-state index < -0.39 is 17.7 Å². The fourth-order valence-electron chi connectivity index (χ4n) is 4.68. The molecule has 0 aromatic heterocycles. The van der Waals surface area contributed by atoms with E-state index in [2.05, 4.69) is 5.32 Å². The molecule has 1 aliphatic rings. The molecule has 1 aliphatic heterocycles. The average molecular weight is 499 g/mol. The van der Waals surface area contributed by atoms with Crippen LogP contribution < -0.4 is 15.0 Å². The van der Waals surface area contributed by atoms with E-state index in [1.54, 1.807) is 31.4 Å². The number of carbonyl (C=O) groups is 3. The van der Waals surface area contributed by atoms with Crippen LogP contribution >= 0.6 is 0 Å². The first-order chi connectivity index (χ1) is 17.6. The fourth-order valence-corrected chi connectivity index (χ4v) is 4.68. The maximum absolute atomic E-state index is 13.5. The summed E-state index contributed by atoms with van der Waals surface area (Å²) in [6.45, 7) is 7.28. The minimum absolute atomic E-state index is 0.0186. The molecule has 190 valence electrons. The lowest BCUT2D eigenvalue weighted by atomic mass is 9.91. The van der Waals surface area contributed by atoms with Crippen LogP contribution in [0.3, 0.4) is 0 Å². The van der Waals surface area contributed by atoms with Crippen LogP contribution in [0.1, 0.15) is 55.0 Å². The molecule has 1 unspecified atom stereocenters. The number of aryl methyl sites for hydroxylation is 1. The van der Waals surface area contributed by atoms with Crippen LogP contribution in [0.4, 0.5) is 11.4 Å². The molecule has 2 amide bonds. The molecule has 3 aromatic rings. The van der Waals surface area contributed by atoms with E-state index in [1.807, 2.05) is 63.2 Å². The number of hydrogen-bond acceptors (Lipinski definition) is 5. The standard InChI is InChI=1S/C30H30N2O5/c1-17(2)23-16-24(18(3)15-25(23)37-5)28(34)26-27(20-9-7-6-8-10-20)32(30(36)29(26)35)22-13-11-21(12-14-22)31-19(4)33/h6-17,27,34H,1-5H3,(H,31,33)/b28-26+. The molecule has 4 rings (SSSR count). The number of amides is 2. The Morgan fingerprint density at radius 2 is 1.68 bits per heavy atom. The number of nitrogens with one attached hydrogen (secondary N) is 1. The second-order valence-electron chi connectivity index (χ2n) is 9.37. The molecule has 1 saturated heterocycles. The summed E-state index contributed by atoms with van der Waals surface area (Å²) < 4.78 is 5.53. The SMILES string of the molecule is COc1cc(C)c(/C(O)=C2\C(=O)C(=O)N(c3ccc(NC(C)=O)cc3)C2c2ccccc2)cc1C(C)C. The van der Waals surface area contributed by atoms with Gasteiger partial charge in [0.25, 0.3) is 11.7 Å². The molecule has 1 heterocycles. The number of anilines is 2. The first-order valence-corrected chi connectivity index (χ1v) is 12.1. The van der Waals surface area contributed by atoms with Gasteiger partial charge in [0, 0.05) is 23.9 Å². The van der Waals surface area contributed by atoms with Crippen molar-refractivity contribution < 1.29 is 24.2 Å². The lowest BCUT2D eigenvalue weighted by Gasteiger charge is -2.26. The molecule has 7 nitrogen and oxygen atoms in total. The summed E-state index contributed by atoms with van der Waals surface area (Å²) in [5, 5.41) is 14.3. The molecule has 0 radical (unpaired) electrons. The number of methoxy groups -OCH3 is 1. The predicted octanol–water partition coefficient (Wildman–Crippen LogP) is 5.71. The highest BCUT2D eigenvalue weighted by Gasteiger charge is 2.47. The Bertz CT molecular complexity index is 1390. The number of rotatable bonds is 6. The van der Waals surface area contributed by atoms with E-state index in [1.165, 1.54) is 11.8 Å². The maximum atomic E-state index is 13.5. The van der Waals surface area contributed by atoms with Crippen LogP contribution in [0, 0.1) is 6.92 Å². The lowest BCUT2D eigenvalue weighted by Crippen LogP contribution is -2.29. The van der Waals surface area contributed by atoms with Gasteiger partial charge in [-0.25, -0.2) is 0 Å². The number of aliphatic hydroxyl groups is 1. The summed E-state index contributed by atoms with van der Waals surface area (Å²) in [5.74, 6) is -1.14. The highest BCUT2D eigenvalue weighted by molar-refractivity contribution is 6.51. The number of ether oxygens (including phenoxy) is 1. The van der Waals surface area contributed by atoms with Crippen molar-refractivity contribution >= 4 is 34.7 Å². The summed E-state index contributed by atoms with van der Waals surface area (Å²) in [5.41, 5.74) is 3.82. The number of nitrogens with zero attached hydrogens (tertiary/aromatic N) is 1. The Balaban J connectivity index is 1.91. The van der Waals surface area contributed by atoms with Gasteiger partial charge in [0.2, 0.25) is 5.91 Å². The van der Waals surface area contributed by atoms with Gasteiger partial charge in [-0.05, 0) is 65.9 Å². The van der Waals surface area contributed by atoms with Gasteiger partial charge in [-0.15, -0.1) is 0 Å². The van der Waals surface area contributed by atoms with Gasteiger partial charge in [-0.1, -0.05) is 44.2 Å². The van der Waals surface area contributed by atoms with E-state index in [0.29, 0.717) is 28.3 Å². The molecular formula is C30H30N2O5. The Morgan fingerprint density at radius 3 is 2.24 bits per heavy atom. The third-order valence-electron chi connectivity index (χ3n) is 6.48. The molecule has 0 aliphatic carbocycles. The van der Waals surface area contributed by atoms with Crippen LogP contribution in [0.2, 0.25) is 0 Å². The second kappa shape index (κ2) is 10.3. The molecule has 37 heavy (non-hydrogen) atoms. The van der Waals surface area contributed by atoms with E-state index >= 15 is 0 Å². The van der Waals surface area contributed by atoms with Gasteiger partial charge >= 0.3 is 0 Å². The first kappa shape index (κ1) is 25.7. The predicted molar refractivity (Wildman–Crippen MR) is 144 cm³/mol. The van der Waals surface area contributed by atoms with Crippen LogP contribution in [0.15, 0.2) is 72.3 Å². The van der Waals surface area contributed by atoms with Gasteiger partial charge < -0.3 is 15.2 Å². The van der Waals surface area contributed by atoms with Crippen molar-refractivity contribution in [1.82, 2.24) is 0 Å². The fraction of sp³-hybridized carbons (Fsp3) is 0.233. The molecule has 2 N–H and O–H groups in total. The van der Waals surface area contributed by atoms with E-state index in [4.69, 9.17) is 4.74 Å². The maximum Gasteiger partial charge on any atom is 0.300 e. The van der Waals surface area contributed by atoms with Crippen molar-refractivity contribution in [2.75, 3.05) is 17.3 Å². The van der Waals surface area contributed by atoms with E-state index in [0.717, 1.165) is 11.1 Å². The number of benzene rings is 3. The first-order valence-electron chi connectivity index (χ1n) is 12.1. The quantitative estimate of drug-likeness (QED) is 0.258. The highest BCUT2D eigenvalue weighted by atomic mass is 16.5. The average Bonchev–Trinajstić information content (AvgIpc) is 3.14. The Morgan fingerprint density at radius 1 is 1.03 bits per heavy atom. The van der Waals surface area contributed by atoms with Crippen LogP contribution in [-0.4, -0.2) is 29.8 Å². The van der Waals surface area contributed by atoms with Crippen LogP contribution in [0.25, 0.3) is 5.76 Å². The molecule has 3 aromatic carbocycles. The van der Waals surface area contributed by atoms with Gasteiger partial charge in [0.1, 0.15) is 11.5 Å². The number of Topliss-reactive ketones (excluding diaryl/α,β-unsaturated/α-hetero) is 1. The zero-order valence-electron chi connectivity index (χ0n) is 21.5. The van der Waals surface area contributed by atoms with E-state index in [-0.39, 0.29) is 23.2 Å². The minimum Gasteiger partial charge on any atom is -0.507 e.